The number of methoxy groups -OCH3 is 1. The lowest BCUT2D eigenvalue weighted by Crippen LogP contribution is -2.38. The van der Waals surface area contributed by atoms with Crippen LogP contribution in [-0.2, 0) is 16.0 Å². The Morgan fingerprint density at radius 3 is 2.86 bits per heavy atom. The number of piperidine rings is 1. The van der Waals surface area contributed by atoms with Gasteiger partial charge in [0, 0.05) is 42.7 Å². The molecule has 0 bridgehead atoms. The van der Waals surface area contributed by atoms with Gasteiger partial charge in [0.15, 0.2) is 0 Å². The van der Waals surface area contributed by atoms with E-state index in [9.17, 15) is 4.79 Å². The van der Waals surface area contributed by atoms with Gasteiger partial charge >= 0.3 is 6.09 Å². The summed E-state index contributed by atoms with van der Waals surface area (Å²) >= 11 is 0. The molecule has 190 valence electrons. The summed E-state index contributed by atoms with van der Waals surface area (Å²) in [4.78, 5) is 31.6. The summed E-state index contributed by atoms with van der Waals surface area (Å²) in [6, 6.07) is 14.1. The third-order valence-electron chi connectivity index (χ3n) is 7.51. The second-order valence-electron chi connectivity index (χ2n) is 9.75. The maximum atomic E-state index is 11.9. The number of carbonyl (C=O) groups is 1. The van der Waals surface area contributed by atoms with Crippen LogP contribution in [0.15, 0.2) is 54.9 Å². The number of nitrogens with one attached hydrogen (secondary N) is 2. The topological polar surface area (TPSA) is 105 Å². The lowest BCUT2D eigenvalue weighted by Gasteiger charge is -2.27. The predicted octanol–water partition coefficient (Wildman–Crippen LogP) is 4.87. The number of H-pyrrole nitrogens is 1. The van der Waals surface area contributed by atoms with E-state index in [1.807, 2.05) is 30.5 Å². The van der Waals surface area contributed by atoms with Crippen molar-refractivity contribution in [2.24, 2.45) is 5.92 Å². The minimum atomic E-state index is -0.552. The van der Waals surface area contributed by atoms with E-state index in [-0.39, 0.29) is 12.1 Å². The summed E-state index contributed by atoms with van der Waals surface area (Å²) in [5.74, 6) is 1.09. The Morgan fingerprint density at radius 2 is 2.14 bits per heavy atom. The van der Waals surface area contributed by atoms with E-state index in [0.717, 1.165) is 64.7 Å². The summed E-state index contributed by atoms with van der Waals surface area (Å²) in [5.41, 5.74) is 6.41. The van der Waals surface area contributed by atoms with E-state index in [4.69, 9.17) is 14.5 Å². The van der Waals surface area contributed by atoms with E-state index in [2.05, 4.69) is 43.4 Å². The van der Waals surface area contributed by atoms with E-state index in [1.54, 1.807) is 20.2 Å². The van der Waals surface area contributed by atoms with Gasteiger partial charge in [-0.1, -0.05) is 12.1 Å². The number of hydrogen-bond donors (Lipinski definition) is 2. The largest absolute Gasteiger partial charge is 0.450 e. The average molecular weight is 499 g/mol. The molecule has 1 aromatic carbocycles. The van der Waals surface area contributed by atoms with Gasteiger partial charge in [0.2, 0.25) is 5.95 Å². The number of amides is 1. The second-order valence-corrected chi connectivity index (χ2v) is 9.75. The summed E-state index contributed by atoms with van der Waals surface area (Å²) in [5, 5.41) is 2.66. The van der Waals surface area contributed by atoms with Gasteiger partial charge in [-0.05, 0) is 68.1 Å². The molecule has 0 radical (unpaired) electrons. The van der Waals surface area contributed by atoms with E-state index in [0.29, 0.717) is 5.95 Å². The molecule has 9 heteroatoms. The van der Waals surface area contributed by atoms with Crippen LogP contribution in [0.4, 0.5) is 10.7 Å². The minimum Gasteiger partial charge on any atom is -0.450 e. The van der Waals surface area contributed by atoms with Crippen molar-refractivity contribution in [3.63, 3.8) is 0 Å². The standard InChI is InChI=1S/C28H30N6O3/c1-3-37-27(35)33-26-31-24-13-19(12-22(25(24)32-26)23-6-4-5-10-29-23)18-7-8-21(30-15-18)16-34-11-9-20-14-28(20,34)17-36-2/h4-8,10,12-13,15,20H,3,9,11,14,16-17H2,1-2H3,(H2,31,32,33,35). The normalized spacial score (nSPS) is 20.6. The fourth-order valence-corrected chi connectivity index (χ4v) is 5.62. The van der Waals surface area contributed by atoms with Gasteiger partial charge in [-0.2, -0.15) is 0 Å². The van der Waals surface area contributed by atoms with Gasteiger partial charge in [-0.15, -0.1) is 0 Å². The monoisotopic (exact) mass is 498 g/mol. The zero-order chi connectivity index (χ0) is 25.4. The van der Waals surface area contributed by atoms with Crippen molar-refractivity contribution in [1.29, 1.82) is 0 Å². The smallest absolute Gasteiger partial charge is 0.413 e. The van der Waals surface area contributed by atoms with Gasteiger partial charge in [-0.25, -0.2) is 9.78 Å². The van der Waals surface area contributed by atoms with E-state index in [1.165, 1.54) is 12.8 Å². The highest BCUT2D eigenvalue weighted by Gasteiger charge is 2.61. The maximum absolute atomic E-state index is 11.9. The van der Waals surface area contributed by atoms with Crippen LogP contribution >= 0.6 is 0 Å². The lowest BCUT2D eigenvalue weighted by molar-refractivity contribution is 0.0840. The van der Waals surface area contributed by atoms with Crippen LogP contribution in [0.2, 0.25) is 0 Å². The molecule has 4 heterocycles. The van der Waals surface area contributed by atoms with Crippen molar-refractivity contribution in [3.8, 4) is 22.4 Å². The number of pyridine rings is 2. The number of nitrogens with zero attached hydrogens (tertiary/aromatic N) is 4. The number of aromatic amines is 1. The molecule has 2 aliphatic rings. The Kier molecular flexibility index (Phi) is 6.10. The minimum absolute atomic E-state index is 0.216. The fraction of sp³-hybridized carbons (Fsp3) is 0.357. The Labute approximate surface area is 215 Å². The molecule has 1 amide bonds. The first-order valence-corrected chi connectivity index (χ1v) is 12.7. The number of fused-ring (bicyclic) bond motifs is 2. The Hall–Kier alpha value is -3.82. The fourth-order valence-electron chi connectivity index (χ4n) is 5.62. The van der Waals surface area contributed by atoms with Crippen molar-refractivity contribution in [1.82, 2.24) is 24.8 Å². The molecule has 1 saturated heterocycles. The van der Waals surface area contributed by atoms with Gasteiger partial charge in [-0.3, -0.25) is 20.2 Å². The number of ether oxygens (including phenoxy) is 2. The molecule has 2 N–H and O–H groups in total. The zero-order valence-corrected chi connectivity index (χ0v) is 21.0. The lowest BCUT2D eigenvalue weighted by atomic mass is 10.0. The van der Waals surface area contributed by atoms with Crippen LogP contribution in [0.3, 0.4) is 0 Å². The first-order valence-electron chi connectivity index (χ1n) is 12.7. The number of imidazole rings is 1. The molecule has 4 aromatic rings. The molecule has 0 spiro atoms. The molecule has 6 rings (SSSR count). The number of aromatic nitrogens is 4. The Bertz CT molecular complexity index is 1420. The highest BCUT2D eigenvalue weighted by molar-refractivity contribution is 5.97. The quantitative estimate of drug-likeness (QED) is 0.357. The number of rotatable bonds is 8. The van der Waals surface area contributed by atoms with Crippen LogP contribution in [-0.4, -0.2) is 63.3 Å². The summed E-state index contributed by atoms with van der Waals surface area (Å²) < 4.78 is 10.5. The van der Waals surface area contributed by atoms with Gasteiger partial charge < -0.3 is 14.5 Å². The van der Waals surface area contributed by atoms with Crippen LogP contribution in [0.25, 0.3) is 33.4 Å². The Morgan fingerprint density at radius 1 is 1.22 bits per heavy atom. The molecule has 2 fully saturated rings. The maximum Gasteiger partial charge on any atom is 0.413 e. The number of anilines is 1. The molecule has 37 heavy (non-hydrogen) atoms. The Balaban J connectivity index is 1.31. The van der Waals surface area contributed by atoms with Crippen LogP contribution in [0.5, 0.6) is 0 Å². The number of carbonyl (C=O) groups excluding carboxylic acids is 1. The molecule has 3 aromatic heterocycles. The number of hydrogen-bond acceptors (Lipinski definition) is 7. The summed E-state index contributed by atoms with van der Waals surface area (Å²) in [7, 11) is 1.79. The first kappa shape index (κ1) is 23.6. The number of benzene rings is 1. The first-order chi connectivity index (χ1) is 18.1. The molecule has 1 saturated carbocycles. The molecule has 1 aliphatic heterocycles. The molecular formula is C28H30N6O3. The van der Waals surface area contributed by atoms with Gasteiger partial charge in [0.1, 0.15) is 0 Å². The van der Waals surface area contributed by atoms with E-state index >= 15 is 0 Å². The van der Waals surface area contributed by atoms with Crippen molar-refractivity contribution < 1.29 is 14.3 Å². The number of likely N-dealkylation sites (tertiary alicyclic amines) is 1. The molecule has 9 nitrogen and oxygen atoms in total. The third kappa shape index (κ3) is 4.45. The SMILES string of the molecule is CCOC(=O)Nc1nc2c(-c3ccccn3)cc(-c3ccc(CN4CCC5CC54COC)nc3)cc2[nH]1. The van der Waals surface area contributed by atoms with E-state index < -0.39 is 6.09 Å². The summed E-state index contributed by atoms with van der Waals surface area (Å²) in [6.45, 7) is 4.77. The van der Waals surface area contributed by atoms with Crippen molar-refractivity contribution >= 4 is 23.1 Å². The molecule has 1 aliphatic carbocycles. The third-order valence-corrected chi connectivity index (χ3v) is 7.51. The summed E-state index contributed by atoms with van der Waals surface area (Å²) in [6.07, 6.45) is 5.61. The van der Waals surface area contributed by atoms with Crippen molar-refractivity contribution in [2.75, 3.05) is 32.2 Å². The van der Waals surface area contributed by atoms with Gasteiger partial charge in [0.05, 0.1) is 35.6 Å². The van der Waals surface area contributed by atoms with Crippen LogP contribution < -0.4 is 5.32 Å². The van der Waals surface area contributed by atoms with Gasteiger partial charge in [0.25, 0.3) is 0 Å². The highest BCUT2D eigenvalue weighted by Crippen LogP contribution is 2.56. The highest BCUT2D eigenvalue weighted by atomic mass is 16.5. The molecule has 2 atom stereocenters. The van der Waals surface area contributed by atoms with Crippen molar-refractivity contribution in [3.05, 3.63) is 60.6 Å². The average Bonchev–Trinajstić information content (AvgIpc) is 3.29. The molecule has 2 unspecified atom stereocenters. The van der Waals surface area contributed by atoms with Crippen LogP contribution in [0.1, 0.15) is 25.5 Å². The van der Waals surface area contributed by atoms with Crippen molar-refractivity contribution in [2.45, 2.75) is 31.8 Å². The van der Waals surface area contributed by atoms with Crippen LogP contribution in [0, 0.1) is 5.92 Å². The zero-order valence-electron chi connectivity index (χ0n) is 21.0. The second kappa shape index (κ2) is 9.57. The molecular weight excluding hydrogens is 468 g/mol. The predicted molar refractivity (Wildman–Crippen MR) is 141 cm³/mol.